The summed E-state index contributed by atoms with van der Waals surface area (Å²) in [5, 5.41) is 2.23. The van der Waals surface area contributed by atoms with E-state index in [1.54, 1.807) is 0 Å². The number of nitrogens with one attached hydrogen (secondary N) is 1. The standard InChI is InChI=1S/C19H14F3N3O2/c20-19(21,22)14-8-4-5-9-15(14)25-18(26)16-10-17(24-12-23-16)27-11-13-6-2-1-3-7-13/h1-10,12H,11H2,(H,25,26). The van der Waals surface area contributed by atoms with E-state index in [2.05, 4.69) is 15.3 Å². The molecule has 0 aliphatic heterocycles. The summed E-state index contributed by atoms with van der Waals surface area (Å²) in [4.78, 5) is 20.0. The molecule has 3 aromatic rings. The first-order valence-corrected chi connectivity index (χ1v) is 7.90. The summed E-state index contributed by atoms with van der Waals surface area (Å²) in [6, 6.07) is 15.3. The number of anilines is 1. The van der Waals surface area contributed by atoms with Crippen molar-refractivity contribution in [1.82, 2.24) is 9.97 Å². The van der Waals surface area contributed by atoms with Crippen LogP contribution in [0.3, 0.4) is 0 Å². The molecule has 0 saturated carbocycles. The van der Waals surface area contributed by atoms with E-state index in [1.165, 1.54) is 24.3 Å². The number of hydrogen-bond donors (Lipinski definition) is 1. The maximum absolute atomic E-state index is 13.0. The van der Waals surface area contributed by atoms with Gasteiger partial charge in [-0.25, -0.2) is 9.97 Å². The topological polar surface area (TPSA) is 64.1 Å². The van der Waals surface area contributed by atoms with Crippen LogP contribution in [0, 0.1) is 0 Å². The minimum absolute atomic E-state index is 0.106. The normalized spacial score (nSPS) is 11.1. The quantitative estimate of drug-likeness (QED) is 0.723. The first-order valence-electron chi connectivity index (χ1n) is 7.90. The van der Waals surface area contributed by atoms with Crippen LogP contribution in [0.4, 0.5) is 18.9 Å². The Hall–Kier alpha value is -3.42. The van der Waals surface area contributed by atoms with E-state index < -0.39 is 17.6 Å². The van der Waals surface area contributed by atoms with Gasteiger partial charge >= 0.3 is 6.18 Å². The molecule has 5 nitrogen and oxygen atoms in total. The Labute approximate surface area is 152 Å². The molecule has 0 spiro atoms. The van der Waals surface area contributed by atoms with Crippen LogP contribution in [-0.2, 0) is 12.8 Å². The van der Waals surface area contributed by atoms with E-state index in [0.717, 1.165) is 18.0 Å². The number of carbonyl (C=O) groups excluding carboxylic acids is 1. The highest BCUT2D eigenvalue weighted by atomic mass is 19.4. The number of alkyl halides is 3. The molecule has 3 rings (SSSR count). The second kappa shape index (κ2) is 7.86. The number of carbonyl (C=O) groups is 1. The second-order valence-corrected chi connectivity index (χ2v) is 5.51. The Bertz CT molecular complexity index is 931. The van der Waals surface area contributed by atoms with Crippen molar-refractivity contribution in [2.75, 3.05) is 5.32 Å². The predicted octanol–water partition coefficient (Wildman–Crippen LogP) is 4.33. The van der Waals surface area contributed by atoms with E-state index in [9.17, 15) is 18.0 Å². The first-order chi connectivity index (χ1) is 12.9. The number of amides is 1. The molecule has 138 valence electrons. The molecule has 0 atom stereocenters. The molecule has 0 fully saturated rings. The molecule has 0 bridgehead atoms. The van der Waals surface area contributed by atoms with Gasteiger partial charge in [-0.2, -0.15) is 13.2 Å². The highest BCUT2D eigenvalue weighted by Gasteiger charge is 2.33. The summed E-state index contributed by atoms with van der Waals surface area (Å²) in [6.07, 6.45) is -3.47. The van der Waals surface area contributed by atoms with Crippen molar-refractivity contribution in [2.45, 2.75) is 12.8 Å². The molecule has 2 aromatic carbocycles. The number of rotatable bonds is 5. The Morgan fingerprint density at radius 2 is 1.70 bits per heavy atom. The maximum atomic E-state index is 13.0. The molecule has 0 aliphatic rings. The zero-order valence-electron chi connectivity index (χ0n) is 13.9. The van der Waals surface area contributed by atoms with Gasteiger partial charge in [-0.1, -0.05) is 42.5 Å². The summed E-state index contributed by atoms with van der Waals surface area (Å²) >= 11 is 0. The Kier molecular flexibility index (Phi) is 5.35. The lowest BCUT2D eigenvalue weighted by molar-refractivity contribution is -0.136. The SMILES string of the molecule is O=C(Nc1ccccc1C(F)(F)F)c1cc(OCc2ccccc2)ncn1. The van der Waals surface area contributed by atoms with Crippen molar-refractivity contribution >= 4 is 11.6 Å². The molecule has 1 N–H and O–H groups in total. The third-order valence-corrected chi connectivity index (χ3v) is 3.58. The van der Waals surface area contributed by atoms with Crippen molar-refractivity contribution in [3.63, 3.8) is 0 Å². The minimum Gasteiger partial charge on any atom is -0.473 e. The number of nitrogens with zero attached hydrogens (tertiary/aromatic N) is 2. The monoisotopic (exact) mass is 373 g/mol. The highest BCUT2D eigenvalue weighted by Crippen LogP contribution is 2.34. The predicted molar refractivity (Wildman–Crippen MR) is 92.2 cm³/mol. The van der Waals surface area contributed by atoms with Gasteiger partial charge in [0.1, 0.15) is 18.6 Å². The van der Waals surface area contributed by atoms with E-state index in [1.807, 2.05) is 30.3 Å². The lowest BCUT2D eigenvalue weighted by Crippen LogP contribution is -2.18. The van der Waals surface area contributed by atoms with Gasteiger partial charge in [-0.15, -0.1) is 0 Å². The van der Waals surface area contributed by atoms with Crippen molar-refractivity contribution in [2.24, 2.45) is 0 Å². The number of halogens is 3. The second-order valence-electron chi connectivity index (χ2n) is 5.51. The number of para-hydroxylation sites is 1. The molecule has 0 radical (unpaired) electrons. The molecular weight excluding hydrogens is 359 g/mol. The summed E-state index contributed by atoms with van der Waals surface area (Å²) in [5.74, 6) is -0.651. The molecule has 0 aliphatic carbocycles. The van der Waals surface area contributed by atoms with Gasteiger partial charge in [-0.05, 0) is 17.7 Å². The summed E-state index contributed by atoms with van der Waals surface area (Å²) < 4.78 is 44.6. The number of aromatic nitrogens is 2. The summed E-state index contributed by atoms with van der Waals surface area (Å²) in [7, 11) is 0. The minimum atomic E-state index is -4.58. The molecule has 1 heterocycles. The fraction of sp³-hybridized carbons (Fsp3) is 0.105. The van der Waals surface area contributed by atoms with Crippen LogP contribution >= 0.6 is 0 Å². The van der Waals surface area contributed by atoms with Gasteiger partial charge in [0.15, 0.2) is 0 Å². The lowest BCUT2D eigenvalue weighted by atomic mass is 10.1. The van der Waals surface area contributed by atoms with Gasteiger partial charge in [0, 0.05) is 6.07 Å². The molecule has 0 unspecified atom stereocenters. The lowest BCUT2D eigenvalue weighted by Gasteiger charge is -2.13. The van der Waals surface area contributed by atoms with Gasteiger partial charge in [-0.3, -0.25) is 4.79 Å². The van der Waals surface area contributed by atoms with Crippen LogP contribution in [0.5, 0.6) is 5.88 Å². The number of ether oxygens (including phenoxy) is 1. The molecule has 27 heavy (non-hydrogen) atoms. The van der Waals surface area contributed by atoms with Crippen LogP contribution in [0.2, 0.25) is 0 Å². The van der Waals surface area contributed by atoms with Crippen LogP contribution in [0.1, 0.15) is 21.6 Å². The van der Waals surface area contributed by atoms with E-state index >= 15 is 0 Å². The van der Waals surface area contributed by atoms with Crippen LogP contribution in [0.25, 0.3) is 0 Å². The van der Waals surface area contributed by atoms with Crippen LogP contribution < -0.4 is 10.1 Å². The van der Waals surface area contributed by atoms with E-state index in [4.69, 9.17) is 4.74 Å². The van der Waals surface area contributed by atoms with Gasteiger partial charge < -0.3 is 10.1 Å². The highest BCUT2D eigenvalue weighted by molar-refractivity contribution is 6.03. The fourth-order valence-electron chi connectivity index (χ4n) is 2.30. The average Bonchev–Trinajstić information content (AvgIpc) is 2.67. The van der Waals surface area contributed by atoms with E-state index in [0.29, 0.717) is 0 Å². The summed E-state index contributed by atoms with van der Waals surface area (Å²) in [6.45, 7) is 0.232. The smallest absolute Gasteiger partial charge is 0.418 e. The molecule has 8 heteroatoms. The first kappa shape index (κ1) is 18.4. The third kappa shape index (κ3) is 4.81. The zero-order chi connectivity index (χ0) is 19.3. The van der Waals surface area contributed by atoms with Crippen LogP contribution in [-0.4, -0.2) is 15.9 Å². The van der Waals surface area contributed by atoms with Crippen molar-refractivity contribution in [3.05, 3.63) is 83.8 Å². The van der Waals surface area contributed by atoms with E-state index in [-0.39, 0.29) is 23.9 Å². The maximum Gasteiger partial charge on any atom is 0.418 e. The molecule has 1 aromatic heterocycles. The van der Waals surface area contributed by atoms with Crippen molar-refractivity contribution in [1.29, 1.82) is 0 Å². The summed E-state index contributed by atoms with van der Waals surface area (Å²) in [5.41, 5.74) is -0.486. The molecular formula is C19H14F3N3O2. The Balaban J connectivity index is 1.73. The van der Waals surface area contributed by atoms with Crippen molar-refractivity contribution in [3.8, 4) is 5.88 Å². The zero-order valence-corrected chi connectivity index (χ0v) is 13.9. The van der Waals surface area contributed by atoms with Crippen molar-refractivity contribution < 1.29 is 22.7 Å². The molecule has 1 amide bonds. The largest absolute Gasteiger partial charge is 0.473 e. The van der Waals surface area contributed by atoms with Gasteiger partial charge in [0.25, 0.3) is 5.91 Å². The Morgan fingerprint density at radius 1 is 1.00 bits per heavy atom. The van der Waals surface area contributed by atoms with Gasteiger partial charge in [0.05, 0.1) is 11.3 Å². The fourth-order valence-corrected chi connectivity index (χ4v) is 2.30. The Morgan fingerprint density at radius 3 is 2.44 bits per heavy atom. The third-order valence-electron chi connectivity index (χ3n) is 3.58. The average molecular weight is 373 g/mol. The number of hydrogen-bond acceptors (Lipinski definition) is 4. The van der Waals surface area contributed by atoms with Gasteiger partial charge in [0.2, 0.25) is 5.88 Å². The number of benzene rings is 2. The molecule has 0 saturated heterocycles. The van der Waals surface area contributed by atoms with Crippen LogP contribution in [0.15, 0.2) is 67.0 Å².